The number of hydrogen-bond donors (Lipinski definition) is 0. The fourth-order valence-electron chi connectivity index (χ4n) is 3.54. The molecule has 0 N–H and O–H groups in total. The van der Waals surface area contributed by atoms with Crippen molar-refractivity contribution in [3.05, 3.63) is 46.5 Å². The first-order valence-corrected chi connectivity index (χ1v) is 9.32. The highest BCUT2D eigenvalue weighted by Gasteiger charge is 2.30. The Balaban J connectivity index is 1.64. The van der Waals surface area contributed by atoms with E-state index in [2.05, 4.69) is 0 Å². The van der Waals surface area contributed by atoms with E-state index in [1.807, 2.05) is 28.9 Å². The van der Waals surface area contributed by atoms with Gasteiger partial charge in [-0.25, -0.2) is 4.79 Å². The van der Waals surface area contributed by atoms with Gasteiger partial charge in [0.25, 0.3) is 5.69 Å². The second-order valence-electron chi connectivity index (χ2n) is 6.34. The summed E-state index contributed by atoms with van der Waals surface area (Å²) in [6, 6.07) is 11.1. The van der Waals surface area contributed by atoms with Gasteiger partial charge in [-0.1, -0.05) is 30.0 Å². The van der Waals surface area contributed by atoms with E-state index in [0.717, 1.165) is 27.1 Å². The Bertz CT molecular complexity index is 1110. The molecule has 0 aliphatic carbocycles. The average molecular weight is 382 g/mol. The van der Waals surface area contributed by atoms with Crippen molar-refractivity contribution in [2.75, 3.05) is 19.7 Å². The van der Waals surface area contributed by atoms with Crippen LogP contribution in [0.15, 0.2) is 46.2 Å². The van der Waals surface area contributed by atoms with Crippen LogP contribution in [-0.2, 0) is 11.3 Å². The molecule has 8 nitrogen and oxygen atoms in total. The van der Waals surface area contributed by atoms with Crippen molar-refractivity contribution in [2.24, 2.45) is 0 Å². The van der Waals surface area contributed by atoms with Crippen LogP contribution < -0.4 is 0 Å². The van der Waals surface area contributed by atoms with Gasteiger partial charge in [0.1, 0.15) is 17.2 Å². The fraction of sp³-hybridized carbons (Fsp3) is 0.222. The van der Waals surface area contributed by atoms with Crippen molar-refractivity contribution in [1.82, 2.24) is 14.7 Å². The molecule has 3 heterocycles. The minimum atomic E-state index is -0.350. The lowest BCUT2D eigenvalue weighted by atomic mass is 10.1. The number of fused-ring (bicyclic) bond motifs is 2. The summed E-state index contributed by atoms with van der Waals surface area (Å²) in [6.07, 6.45) is -0.312. The van der Waals surface area contributed by atoms with Gasteiger partial charge < -0.3 is 9.64 Å². The molecule has 9 heteroatoms. The first-order chi connectivity index (χ1) is 13.1. The van der Waals surface area contributed by atoms with Gasteiger partial charge in [-0.3, -0.25) is 14.8 Å². The van der Waals surface area contributed by atoms with Crippen LogP contribution in [0.2, 0.25) is 0 Å². The maximum Gasteiger partial charge on any atom is 0.410 e. The summed E-state index contributed by atoms with van der Waals surface area (Å²) in [4.78, 5) is 26.1. The SMILES string of the molecule is O=C1OCCN1CCn1nc2c3c(c([N+](=O)[O-])ccc31)Sc1ccccc1-2. The van der Waals surface area contributed by atoms with Crippen LogP contribution >= 0.6 is 11.8 Å². The number of benzene rings is 2. The van der Waals surface area contributed by atoms with Crippen LogP contribution in [0.1, 0.15) is 0 Å². The van der Waals surface area contributed by atoms with Crippen molar-refractivity contribution in [1.29, 1.82) is 0 Å². The maximum absolute atomic E-state index is 11.7. The number of aromatic nitrogens is 2. The Morgan fingerprint density at radius 3 is 2.85 bits per heavy atom. The summed E-state index contributed by atoms with van der Waals surface area (Å²) < 4.78 is 6.79. The zero-order valence-corrected chi connectivity index (χ0v) is 14.9. The minimum absolute atomic E-state index is 0.0888. The highest BCUT2D eigenvalue weighted by atomic mass is 32.2. The van der Waals surface area contributed by atoms with Gasteiger partial charge in [-0.05, 0) is 12.1 Å². The summed E-state index contributed by atoms with van der Waals surface area (Å²) in [6.45, 7) is 1.95. The summed E-state index contributed by atoms with van der Waals surface area (Å²) in [5.74, 6) is 0. The van der Waals surface area contributed by atoms with Gasteiger partial charge in [0.2, 0.25) is 0 Å². The molecular formula is C18H14N4O4S. The van der Waals surface area contributed by atoms with Crippen molar-refractivity contribution in [3.8, 4) is 11.3 Å². The van der Waals surface area contributed by atoms with Gasteiger partial charge in [0, 0.05) is 28.5 Å². The molecule has 0 saturated carbocycles. The Kier molecular flexibility index (Phi) is 3.57. The summed E-state index contributed by atoms with van der Waals surface area (Å²) in [7, 11) is 0. The molecule has 1 saturated heterocycles. The largest absolute Gasteiger partial charge is 0.448 e. The lowest BCUT2D eigenvalue weighted by Crippen LogP contribution is -2.28. The number of cyclic esters (lactones) is 1. The number of carbonyl (C=O) groups is 1. The molecule has 1 amide bonds. The second-order valence-corrected chi connectivity index (χ2v) is 7.39. The minimum Gasteiger partial charge on any atom is -0.448 e. The van der Waals surface area contributed by atoms with Crippen LogP contribution in [0, 0.1) is 10.1 Å². The van der Waals surface area contributed by atoms with Crippen LogP contribution in [0.4, 0.5) is 10.5 Å². The van der Waals surface area contributed by atoms with Crippen LogP contribution in [-0.4, -0.2) is 45.4 Å². The Labute approximate surface area is 157 Å². The van der Waals surface area contributed by atoms with Crippen molar-refractivity contribution >= 4 is 34.4 Å². The molecule has 3 aromatic rings. The van der Waals surface area contributed by atoms with E-state index in [9.17, 15) is 14.9 Å². The number of amides is 1. The molecule has 0 atom stereocenters. The number of nitro benzene ring substituents is 1. The Hall–Kier alpha value is -3.07. The van der Waals surface area contributed by atoms with E-state index in [-0.39, 0.29) is 16.7 Å². The molecule has 2 aliphatic heterocycles. The van der Waals surface area contributed by atoms with E-state index in [1.165, 1.54) is 17.8 Å². The predicted molar refractivity (Wildman–Crippen MR) is 98.9 cm³/mol. The normalized spacial score (nSPS) is 15.1. The number of hydrogen-bond acceptors (Lipinski definition) is 6. The number of rotatable bonds is 4. The first kappa shape index (κ1) is 16.1. The zero-order valence-electron chi connectivity index (χ0n) is 14.1. The monoisotopic (exact) mass is 382 g/mol. The van der Waals surface area contributed by atoms with Crippen LogP contribution in [0.3, 0.4) is 0 Å². The average Bonchev–Trinajstić information content (AvgIpc) is 3.24. The maximum atomic E-state index is 11.7. The highest BCUT2D eigenvalue weighted by molar-refractivity contribution is 8.00. The number of carbonyl (C=O) groups excluding carboxylic acids is 1. The molecule has 0 spiro atoms. The smallest absolute Gasteiger partial charge is 0.410 e. The van der Waals surface area contributed by atoms with E-state index < -0.39 is 0 Å². The molecule has 2 aliphatic rings. The third-order valence-electron chi connectivity index (χ3n) is 4.83. The van der Waals surface area contributed by atoms with E-state index >= 15 is 0 Å². The standard InChI is InChI=1S/C18H14N4O4S/c23-18-20(9-10-26-18)7-8-21-12-5-6-13(22(24)25)17-15(12)16(19-21)11-3-1-2-4-14(11)27-17/h1-6H,7-10H2. The van der Waals surface area contributed by atoms with Crippen LogP contribution in [0.5, 0.6) is 0 Å². The van der Waals surface area contributed by atoms with Gasteiger partial charge in [0.15, 0.2) is 0 Å². The van der Waals surface area contributed by atoms with E-state index in [4.69, 9.17) is 9.84 Å². The summed E-state index contributed by atoms with van der Waals surface area (Å²) in [5, 5.41) is 17.1. The quantitative estimate of drug-likeness (QED) is 0.396. The molecular weight excluding hydrogens is 368 g/mol. The lowest BCUT2D eigenvalue weighted by molar-refractivity contribution is -0.387. The Morgan fingerprint density at radius 2 is 2.07 bits per heavy atom. The number of nitro groups is 1. The molecule has 27 heavy (non-hydrogen) atoms. The molecule has 136 valence electrons. The lowest BCUT2D eigenvalue weighted by Gasteiger charge is -2.14. The molecule has 0 radical (unpaired) electrons. The van der Waals surface area contributed by atoms with Gasteiger partial charge in [0.05, 0.1) is 23.5 Å². The third-order valence-corrected chi connectivity index (χ3v) is 6.02. The van der Waals surface area contributed by atoms with Crippen molar-refractivity contribution in [3.63, 3.8) is 0 Å². The first-order valence-electron chi connectivity index (χ1n) is 8.50. The topological polar surface area (TPSA) is 90.5 Å². The number of nitrogens with zero attached hydrogens (tertiary/aromatic N) is 4. The highest BCUT2D eigenvalue weighted by Crippen LogP contribution is 2.50. The molecule has 0 bridgehead atoms. The van der Waals surface area contributed by atoms with E-state index in [1.54, 1.807) is 11.0 Å². The molecule has 0 unspecified atom stereocenters. The molecule has 1 fully saturated rings. The Morgan fingerprint density at radius 1 is 1.22 bits per heavy atom. The summed E-state index contributed by atoms with van der Waals surface area (Å²) in [5.41, 5.74) is 2.65. The van der Waals surface area contributed by atoms with Gasteiger partial charge in [-0.2, -0.15) is 5.10 Å². The fourth-order valence-corrected chi connectivity index (χ4v) is 4.73. The van der Waals surface area contributed by atoms with Crippen molar-refractivity contribution < 1.29 is 14.5 Å². The van der Waals surface area contributed by atoms with Gasteiger partial charge in [-0.15, -0.1) is 0 Å². The van der Waals surface area contributed by atoms with E-state index in [0.29, 0.717) is 31.1 Å². The van der Waals surface area contributed by atoms with Crippen molar-refractivity contribution in [2.45, 2.75) is 16.3 Å². The molecule has 2 aromatic carbocycles. The van der Waals surface area contributed by atoms with Crippen LogP contribution in [0.25, 0.3) is 22.2 Å². The molecule has 5 rings (SSSR count). The number of ether oxygens (including phenoxy) is 1. The van der Waals surface area contributed by atoms with Gasteiger partial charge >= 0.3 is 6.09 Å². The third kappa shape index (κ3) is 2.46. The second kappa shape index (κ2) is 5.98. The molecule has 1 aromatic heterocycles. The zero-order chi connectivity index (χ0) is 18.5. The summed E-state index contributed by atoms with van der Waals surface area (Å²) >= 11 is 1.41. The predicted octanol–water partition coefficient (Wildman–Crippen LogP) is 3.53.